The SMILES string of the molecule is Cc1c(Br)c(=O)n(C2CCCC2)c2nc(Nc3ccc4c(ccn4C4CCN(C(=O)OC(C)(C)C)CC4)c3)ncc12. The van der Waals surface area contributed by atoms with Crippen LogP contribution in [0.3, 0.4) is 0 Å². The summed E-state index contributed by atoms with van der Waals surface area (Å²) in [4.78, 5) is 37.0. The van der Waals surface area contributed by atoms with Crippen LogP contribution in [0.25, 0.3) is 21.9 Å². The van der Waals surface area contributed by atoms with Gasteiger partial charge in [-0.3, -0.25) is 9.36 Å². The monoisotopic (exact) mass is 620 g/mol. The molecule has 4 heterocycles. The molecule has 216 valence electrons. The molecule has 0 bridgehead atoms. The maximum Gasteiger partial charge on any atom is 0.410 e. The van der Waals surface area contributed by atoms with E-state index < -0.39 is 5.60 Å². The molecule has 2 fully saturated rings. The van der Waals surface area contributed by atoms with Crippen molar-refractivity contribution in [3.8, 4) is 0 Å². The molecule has 9 nitrogen and oxygen atoms in total. The number of aromatic nitrogens is 4. The van der Waals surface area contributed by atoms with Gasteiger partial charge in [0.1, 0.15) is 11.2 Å². The first-order chi connectivity index (χ1) is 19.6. The number of hydrogen-bond donors (Lipinski definition) is 1. The third kappa shape index (κ3) is 5.46. The predicted molar refractivity (Wildman–Crippen MR) is 165 cm³/mol. The number of nitrogens with zero attached hydrogens (tertiary/aromatic N) is 5. The Bertz CT molecular complexity index is 1670. The van der Waals surface area contributed by atoms with Crippen LogP contribution >= 0.6 is 15.9 Å². The Morgan fingerprint density at radius 3 is 2.51 bits per heavy atom. The molecule has 2 aliphatic rings. The summed E-state index contributed by atoms with van der Waals surface area (Å²) in [5.41, 5.74) is 3.08. The number of aryl methyl sites for hydroxylation is 1. The van der Waals surface area contributed by atoms with Crippen LogP contribution in [0, 0.1) is 6.92 Å². The van der Waals surface area contributed by atoms with E-state index in [4.69, 9.17) is 9.72 Å². The van der Waals surface area contributed by atoms with Gasteiger partial charge in [-0.2, -0.15) is 4.98 Å². The quantitative estimate of drug-likeness (QED) is 0.258. The molecule has 1 aliphatic heterocycles. The van der Waals surface area contributed by atoms with Gasteiger partial charge in [0, 0.05) is 59.5 Å². The van der Waals surface area contributed by atoms with Gasteiger partial charge < -0.3 is 19.5 Å². The number of pyridine rings is 1. The number of fused-ring (bicyclic) bond motifs is 2. The van der Waals surface area contributed by atoms with Crippen molar-refractivity contribution in [3.05, 3.63) is 57.0 Å². The molecule has 0 atom stereocenters. The Balaban J connectivity index is 1.22. The second-order valence-corrected chi connectivity index (χ2v) is 13.1. The fourth-order valence-electron chi connectivity index (χ4n) is 6.21. The van der Waals surface area contributed by atoms with Gasteiger partial charge in [0.2, 0.25) is 5.95 Å². The normalized spacial score (nSPS) is 17.0. The summed E-state index contributed by atoms with van der Waals surface area (Å²) in [5, 5.41) is 5.38. The van der Waals surface area contributed by atoms with E-state index in [9.17, 15) is 9.59 Å². The molecule has 0 spiro atoms. The van der Waals surface area contributed by atoms with Crippen molar-refractivity contribution >= 4 is 55.6 Å². The molecule has 41 heavy (non-hydrogen) atoms. The number of likely N-dealkylation sites (tertiary alicyclic amines) is 1. The molecule has 0 radical (unpaired) electrons. The standard InChI is InChI=1S/C31H37BrN6O3/c1-19-24-18-33-29(35-27(24)38(28(39)26(19)32)23-7-5-6-8-23)34-21-9-10-25-20(17-21)11-16-37(25)22-12-14-36(15-13-22)30(40)41-31(2,3)4/h9-11,16-18,22-23H,5-8,12-15H2,1-4H3,(H,33,34,35). The minimum Gasteiger partial charge on any atom is -0.444 e. The number of carbonyl (C=O) groups excluding carboxylic acids is 1. The Morgan fingerprint density at radius 2 is 1.80 bits per heavy atom. The highest BCUT2D eigenvalue weighted by Crippen LogP contribution is 2.34. The molecular formula is C31H37BrN6O3. The van der Waals surface area contributed by atoms with E-state index in [-0.39, 0.29) is 17.7 Å². The molecule has 1 saturated carbocycles. The summed E-state index contributed by atoms with van der Waals surface area (Å²) in [6.45, 7) is 8.99. The summed E-state index contributed by atoms with van der Waals surface area (Å²) in [5.74, 6) is 0.471. The van der Waals surface area contributed by atoms with E-state index in [0.29, 0.717) is 35.2 Å². The molecule has 4 aromatic rings. The molecule has 3 aromatic heterocycles. The van der Waals surface area contributed by atoms with Crippen LogP contribution < -0.4 is 10.9 Å². The van der Waals surface area contributed by atoms with Crippen LogP contribution in [0.5, 0.6) is 0 Å². The second-order valence-electron chi connectivity index (χ2n) is 12.3. The van der Waals surface area contributed by atoms with Crippen molar-refractivity contribution in [2.45, 2.75) is 83.9 Å². The summed E-state index contributed by atoms with van der Waals surface area (Å²) in [6, 6.07) is 8.88. The van der Waals surface area contributed by atoms with E-state index in [2.05, 4.69) is 55.2 Å². The van der Waals surface area contributed by atoms with E-state index in [0.717, 1.165) is 66.1 Å². The van der Waals surface area contributed by atoms with Gasteiger partial charge in [0.05, 0.1) is 4.47 Å². The average molecular weight is 622 g/mol. The lowest BCUT2D eigenvalue weighted by atomic mass is 10.0. The van der Waals surface area contributed by atoms with E-state index in [1.807, 2.05) is 49.4 Å². The highest BCUT2D eigenvalue weighted by molar-refractivity contribution is 9.10. The molecule has 6 rings (SSSR count). The highest BCUT2D eigenvalue weighted by atomic mass is 79.9. The fraction of sp³-hybridized carbons (Fsp3) is 0.484. The van der Waals surface area contributed by atoms with E-state index >= 15 is 0 Å². The van der Waals surface area contributed by atoms with Crippen molar-refractivity contribution in [3.63, 3.8) is 0 Å². The number of anilines is 2. The molecule has 1 aliphatic carbocycles. The van der Waals surface area contributed by atoms with Gasteiger partial charge in [-0.25, -0.2) is 9.78 Å². The molecule has 1 N–H and O–H groups in total. The topological polar surface area (TPSA) is 94.3 Å². The van der Waals surface area contributed by atoms with Crippen LogP contribution in [0.4, 0.5) is 16.4 Å². The van der Waals surface area contributed by atoms with Gasteiger partial charge in [-0.1, -0.05) is 12.8 Å². The number of amides is 1. The number of benzene rings is 1. The predicted octanol–water partition coefficient (Wildman–Crippen LogP) is 7.25. The minimum absolute atomic E-state index is 0.0220. The molecule has 1 amide bonds. The summed E-state index contributed by atoms with van der Waals surface area (Å²) >= 11 is 3.51. The molecule has 0 unspecified atom stereocenters. The number of piperidine rings is 1. The van der Waals surface area contributed by atoms with Crippen molar-refractivity contribution < 1.29 is 9.53 Å². The van der Waals surface area contributed by atoms with Crippen molar-refractivity contribution in [2.24, 2.45) is 0 Å². The molecular weight excluding hydrogens is 584 g/mol. The number of hydrogen-bond acceptors (Lipinski definition) is 6. The van der Waals surface area contributed by atoms with Gasteiger partial charge in [-0.05, 0) is 99.1 Å². The zero-order valence-electron chi connectivity index (χ0n) is 24.1. The Kier molecular flexibility index (Phi) is 7.30. The minimum atomic E-state index is -0.486. The number of ether oxygens (including phenoxy) is 1. The van der Waals surface area contributed by atoms with Gasteiger partial charge in [0.15, 0.2) is 0 Å². The molecule has 1 saturated heterocycles. The Morgan fingerprint density at radius 1 is 1.07 bits per heavy atom. The zero-order valence-corrected chi connectivity index (χ0v) is 25.7. The Labute approximate surface area is 248 Å². The van der Waals surface area contributed by atoms with Crippen molar-refractivity contribution in [2.75, 3.05) is 18.4 Å². The van der Waals surface area contributed by atoms with Crippen LogP contribution in [0.15, 0.2) is 45.9 Å². The largest absolute Gasteiger partial charge is 0.444 e. The lowest BCUT2D eigenvalue weighted by Crippen LogP contribution is -2.42. The summed E-state index contributed by atoms with van der Waals surface area (Å²) in [7, 11) is 0. The number of halogens is 1. The molecule has 1 aromatic carbocycles. The maximum atomic E-state index is 13.3. The first-order valence-corrected chi connectivity index (χ1v) is 15.3. The van der Waals surface area contributed by atoms with Gasteiger partial charge in [0.25, 0.3) is 5.56 Å². The third-order valence-electron chi connectivity index (χ3n) is 8.31. The van der Waals surface area contributed by atoms with Crippen LogP contribution in [-0.2, 0) is 4.74 Å². The lowest BCUT2D eigenvalue weighted by molar-refractivity contribution is 0.0189. The maximum absolute atomic E-state index is 13.3. The third-order valence-corrected chi connectivity index (χ3v) is 9.25. The number of carbonyl (C=O) groups is 1. The smallest absolute Gasteiger partial charge is 0.410 e. The second kappa shape index (κ2) is 10.8. The first-order valence-electron chi connectivity index (χ1n) is 14.5. The number of nitrogens with one attached hydrogen (secondary N) is 1. The highest BCUT2D eigenvalue weighted by Gasteiger charge is 2.28. The molecule has 10 heteroatoms. The fourth-order valence-corrected chi connectivity index (χ4v) is 6.61. The number of rotatable bonds is 4. The summed E-state index contributed by atoms with van der Waals surface area (Å²) < 4.78 is 10.3. The lowest BCUT2D eigenvalue weighted by Gasteiger charge is -2.34. The van der Waals surface area contributed by atoms with Crippen LogP contribution in [0.1, 0.15) is 76.9 Å². The zero-order chi connectivity index (χ0) is 28.9. The van der Waals surface area contributed by atoms with E-state index in [1.54, 1.807) is 0 Å². The van der Waals surface area contributed by atoms with Gasteiger partial charge in [-0.15, -0.1) is 0 Å². The van der Waals surface area contributed by atoms with Crippen molar-refractivity contribution in [1.29, 1.82) is 0 Å². The van der Waals surface area contributed by atoms with E-state index in [1.165, 1.54) is 0 Å². The average Bonchev–Trinajstić information content (AvgIpc) is 3.61. The summed E-state index contributed by atoms with van der Waals surface area (Å²) in [6.07, 6.45) is 9.71. The van der Waals surface area contributed by atoms with Crippen molar-refractivity contribution in [1.82, 2.24) is 24.0 Å². The van der Waals surface area contributed by atoms with Crippen LogP contribution in [0.2, 0.25) is 0 Å². The van der Waals surface area contributed by atoms with Gasteiger partial charge >= 0.3 is 6.09 Å². The van der Waals surface area contributed by atoms with Crippen LogP contribution in [-0.4, -0.2) is 48.8 Å². The first kappa shape index (κ1) is 27.8. The Hall–Kier alpha value is -3.40.